The fourth-order valence-electron chi connectivity index (χ4n) is 4.21. The molecule has 0 unspecified atom stereocenters. The van der Waals surface area contributed by atoms with Crippen LogP contribution in [-0.2, 0) is 24.1 Å². The molecule has 9 heteroatoms. The standard InChI is InChI=1S/C22H26N4O4S/c1-14-7-8-20(15(2)11-14)31(29,30)23-16-12-18-19(13-17(16)26-9-5-6-10-26)25(4)22(28)21(27)24(18)3/h7-8,11-13,23H,5-6,9-10H2,1-4H3. The van der Waals surface area contributed by atoms with Crippen LogP contribution in [0, 0.1) is 13.8 Å². The van der Waals surface area contributed by atoms with Gasteiger partial charge in [-0.15, -0.1) is 0 Å². The number of aromatic nitrogens is 2. The molecule has 0 spiro atoms. The Kier molecular flexibility index (Phi) is 5.17. The Hall–Kier alpha value is -3.07. The number of fused-ring (bicyclic) bond motifs is 1. The van der Waals surface area contributed by atoms with Crippen LogP contribution in [0.1, 0.15) is 24.0 Å². The summed E-state index contributed by atoms with van der Waals surface area (Å²) < 4.78 is 31.8. The average Bonchev–Trinajstić information content (AvgIpc) is 3.24. The highest BCUT2D eigenvalue weighted by Crippen LogP contribution is 2.34. The molecule has 2 aromatic carbocycles. The summed E-state index contributed by atoms with van der Waals surface area (Å²) in [5, 5.41) is 0. The van der Waals surface area contributed by atoms with Gasteiger partial charge in [0.2, 0.25) is 0 Å². The first-order valence-corrected chi connectivity index (χ1v) is 11.7. The maximum atomic E-state index is 13.3. The van der Waals surface area contributed by atoms with Gasteiger partial charge in [0.25, 0.3) is 10.0 Å². The van der Waals surface area contributed by atoms with Crippen molar-refractivity contribution in [2.24, 2.45) is 14.1 Å². The number of sulfonamides is 1. The van der Waals surface area contributed by atoms with Gasteiger partial charge in [-0.1, -0.05) is 17.7 Å². The Labute approximate surface area is 180 Å². The van der Waals surface area contributed by atoms with E-state index in [2.05, 4.69) is 9.62 Å². The van der Waals surface area contributed by atoms with Gasteiger partial charge in [-0.25, -0.2) is 8.42 Å². The first-order valence-electron chi connectivity index (χ1n) is 10.2. The van der Waals surface area contributed by atoms with Crippen molar-refractivity contribution in [3.8, 4) is 0 Å². The van der Waals surface area contributed by atoms with Crippen LogP contribution in [0.2, 0.25) is 0 Å². The minimum absolute atomic E-state index is 0.208. The monoisotopic (exact) mass is 442 g/mol. The molecule has 1 aromatic heterocycles. The molecule has 0 aliphatic carbocycles. The summed E-state index contributed by atoms with van der Waals surface area (Å²) >= 11 is 0. The van der Waals surface area contributed by atoms with E-state index >= 15 is 0 Å². The van der Waals surface area contributed by atoms with Gasteiger partial charge in [0.05, 0.1) is 27.3 Å². The Bertz CT molecular complexity index is 1410. The quantitative estimate of drug-likeness (QED) is 0.626. The number of nitrogens with one attached hydrogen (secondary N) is 1. The molecule has 1 aliphatic heterocycles. The van der Waals surface area contributed by atoms with Gasteiger partial charge in [-0.2, -0.15) is 0 Å². The summed E-state index contributed by atoms with van der Waals surface area (Å²) in [7, 11) is -0.783. The van der Waals surface area contributed by atoms with Crippen molar-refractivity contribution >= 4 is 32.4 Å². The van der Waals surface area contributed by atoms with E-state index in [1.165, 1.54) is 16.2 Å². The van der Waals surface area contributed by atoms with Gasteiger partial charge >= 0.3 is 11.1 Å². The number of anilines is 2. The zero-order chi connectivity index (χ0) is 22.5. The number of hydrogen-bond acceptors (Lipinski definition) is 5. The molecule has 0 bridgehead atoms. The largest absolute Gasteiger partial charge is 0.370 e. The summed E-state index contributed by atoms with van der Waals surface area (Å²) in [6.07, 6.45) is 2.01. The lowest BCUT2D eigenvalue weighted by atomic mass is 10.2. The maximum absolute atomic E-state index is 13.3. The minimum atomic E-state index is -3.86. The van der Waals surface area contributed by atoms with Gasteiger partial charge in [0.1, 0.15) is 0 Å². The highest BCUT2D eigenvalue weighted by atomic mass is 32.2. The summed E-state index contributed by atoms with van der Waals surface area (Å²) in [5.41, 5.74) is 2.51. The van der Waals surface area contributed by atoms with E-state index in [1.807, 2.05) is 13.0 Å². The van der Waals surface area contributed by atoms with Gasteiger partial charge in [-0.05, 0) is 50.5 Å². The van der Waals surface area contributed by atoms with E-state index in [1.54, 1.807) is 38.2 Å². The molecule has 0 saturated carbocycles. The van der Waals surface area contributed by atoms with Crippen LogP contribution in [0.3, 0.4) is 0 Å². The summed E-state index contributed by atoms with van der Waals surface area (Å²) in [6, 6.07) is 8.63. The molecule has 1 saturated heterocycles. The molecule has 0 atom stereocenters. The van der Waals surface area contributed by atoms with Crippen LogP contribution >= 0.6 is 0 Å². The molecule has 4 rings (SSSR count). The van der Waals surface area contributed by atoms with Crippen molar-refractivity contribution < 1.29 is 8.42 Å². The minimum Gasteiger partial charge on any atom is -0.370 e. The van der Waals surface area contributed by atoms with Crippen LogP contribution in [0.15, 0.2) is 44.8 Å². The Balaban J connectivity index is 1.94. The third-order valence-corrected chi connectivity index (χ3v) is 7.44. The number of nitrogens with zero attached hydrogens (tertiary/aromatic N) is 3. The molecule has 164 valence electrons. The second kappa shape index (κ2) is 7.56. The van der Waals surface area contributed by atoms with Crippen LogP contribution < -0.4 is 20.7 Å². The van der Waals surface area contributed by atoms with E-state index in [4.69, 9.17) is 0 Å². The SMILES string of the molecule is Cc1ccc(S(=O)(=O)Nc2cc3c(cc2N2CCCC2)n(C)c(=O)c(=O)n3C)c(C)c1. The highest BCUT2D eigenvalue weighted by Gasteiger charge is 2.24. The molecular weight excluding hydrogens is 416 g/mol. The Morgan fingerprint density at radius 3 is 2.03 bits per heavy atom. The lowest BCUT2D eigenvalue weighted by Crippen LogP contribution is -2.39. The van der Waals surface area contributed by atoms with Crippen LogP contribution in [0.4, 0.5) is 11.4 Å². The molecule has 1 fully saturated rings. The first kappa shape index (κ1) is 21.2. The molecular formula is C22H26N4O4S. The topological polar surface area (TPSA) is 93.4 Å². The fraction of sp³-hybridized carbons (Fsp3) is 0.364. The van der Waals surface area contributed by atoms with Crippen molar-refractivity contribution in [3.05, 3.63) is 62.2 Å². The van der Waals surface area contributed by atoms with Crippen molar-refractivity contribution in [2.45, 2.75) is 31.6 Å². The summed E-state index contributed by atoms with van der Waals surface area (Å²) in [4.78, 5) is 26.9. The second-order valence-electron chi connectivity index (χ2n) is 8.16. The highest BCUT2D eigenvalue weighted by molar-refractivity contribution is 7.92. The zero-order valence-corrected chi connectivity index (χ0v) is 18.9. The number of rotatable bonds is 4. The lowest BCUT2D eigenvalue weighted by molar-refractivity contribution is 0.600. The molecule has 31 heavy (non-hydrogen) atoms. The van der Waals surface area contributed by atoms with E-state index in [9.17, 15) is 18.0 Å². The number of hydrogen-bond donors (Lipinski definition) is 1. The molecule has 0 radical (unpaired) electrons. The molecule has 2 heterocycles. The normalized spacial score (nSPS) is 14.4. The number of benzene rings is 2. The van der Waals surface area contributed by atoms with Crippen molar-refractivity contribution in [1.82, 2.24) is 9.13 Å². The number of aryl methyl sites for hydroxylation is 4. The third-order valence-electron chi connectivity index (χ3n) is 5.92. The third kappa shape index (κ3) is 3.63. The van der Waals surface area contributed by atoms with Crippen molar-refractivity contribution in [2.75, 3.05) is 22.7 Å². The smallest absolute Gasteiger partial charge is 0.316 e. The lowest BCUT2D eigenvalue weighted by Gasteiger charge is -2.24. The van der Waals surface area contributed by atoms with Crippen molar-refractivity contribution in [3.63, 3.8) is 0 Å². The van der Waals surface area contributed by atoms with Crippen LogP contribution in [0.5, 0.6) is 0 Å². The van der Waals surface area contributed by atoms with Crippen LogP contribution in [0.25, 0.3) is 11.0 Å². The molecule has 8 nitrogen and oxygen atoms in total. The van der Waals surface area contributed by atoms with Gasteiger partial charge in [0.15, 0.2) is 0 Å². The predicted octanol–water partition coefficient (Wildman–Crippen LogP) is 2.26. The van der Waals surface area contributed by atoms with E-state index < -0.39 is 21.1 Å². The average molecular weight is 443 g/mol. The van der Waals surface area contributed by atoms with Crippen molar-refractivity contribution in [1.29, 1.82) is 0 Å². The van der Waals surface area contributed by atoms with Gasteiger partial charge in [0, 0.05) is 27.2 Å². The fourth-order valence-corrected chi connectivity index (χ4v) is 5.50. The Morgan fingerprint density at radius 1 is 0.871 bits per heavy atom. The van der Waals surface area contributed by atoms with Gasteiger partial charge < -0.3 is 14.0 Å². The first-order chi connectivity index (χ1) is 14.6. The summed E-state index contributed by atoms with van der Waals surface area (Å²) in [6.45, 7) is 5.27. The van der Waals surface area contributed by atoms with Gasteiger partial charge in [-0.3, -0.25) is 14.3 Å². The van der Waals surface area contributed by atoms with E-state index in [-0.39, 0.29) is 4.90 Å². The van der Waals surface area contributed by atoms with E-state index in [0.29, 0.717) is 28.0 Å². The maximum Gasteiger partial charge on any atom is 0.316 e. The Morgan fingerprint density at radius 2 is 1.45 bits per heavy atom. The molecule has 3 aromatic rings. The zero-order valence-electron chi connectivity index (χ0n) is 18.1. The molecule has 0 amide bonds. The summed E-state index contributed by atoms with van der Waals surface area (Å²) in [5.74, 6) is 0. The molecule has 1 N–H and O–H groups in total. The van der Waals surface area contributed by atoms with Crippen LogP contribution in [-0.4, -0.2) is 30.6 Å². The predicted molar refractivity (Wildman–Crippen MR) is 123 cm³/mol. The molecule has 1 aliphatic rings. The van der Waals surface area contributed by atoms with E-state index in [0.717, 1.165) is 31.5 Å². The second-order valence-corrected chi connectivity index (χ2v) is 9.81.